The van der Waals surface area contributed by atoms with Gasteiger partial charge in [0.2, 0.25) is 11.2 Å². The largest absolute Gasteiger partial charge is 0.463 e. The molecule has 0 aliphatic heterocycles. The minimum atomic E-state index is -4.35. The summed E-state index contributed by atoms with van der Waals surface area (Å²) in [5.74, 6) is -0.147. The van der Waals surface area contributed by atoms with Gasteiger partial charge < -0.3 is 9.64 Å². The number of anilines is 1. The van der Waals surface area contributed by atoms with Gasteiger partial charge in [-0.3, -0.25) is 0 Å². The highest BCUT2D eigenvalue weighted by Crippen LogP contribution is 2.21. The molecule has 0 amide bonds. The van der Waals surface area contributed by atoms with Crippen molar-refractivity contribution in [3.8, 4) is 6.01 Å². The minimum absolute atomic E-state index is 0.0718. The van der Waals surface area contributed by atoms with E-state index in [0.29, 0.717) is 6.61 Å². The van der Waals surface area contributed by atoms with Crippen molar-refractivity contribution in [3.05, 3.63) is 5.28 Å². The maximum absolute atomic E-state index is 12.4. The number of halogens is 4. The normalized spacial score (nSPS) is 11.5. The van der Waals surface area contributed by atoms with E-state index in [1.165, 1.54) is 0 Å². The number of nitrogens with zero attached hydrogens (tertiary/aromatic N) is 4. The molecular formula is C10H14ClF3N4O. The number of rotatable bonds is 6. The summed E-state index contributed by atoms with van der Waals surface area (Å²) in [4.78, 5) is 12.2. The Morgan fingerprint density at radius 2 is 1.89 bits per heavy atom. The highest BCUT2D eigenvalue weighted by atomic mass is 35.5. The molecule has 0 aromatic carbocycles. The lowest BCUT2D eigenvalue weighted by atomic mass is 10.5. The van der Waals surface area contributed by atoms with Crippen LogP contribution in [-0.4, -0.2) is 40.8 Å². The molecule has 1 aromatic heterocycles. The average Bonchev–Trinajstić information content (AvgIpc) is 2.31. The molecule has 19 heavy (non-hydrogen) atoms. The van der Waals surface area contributed by atoms with Gasteiger partial charge in [0, 0.05) is 6.54 Å². The van der Waals surface area contributed by atoms with E-state index in [9.17, 15) is 13.2 Å². The molecule has 0 radical (unpaired) electrons. The summed E-state index contributed by atoms with van der Waals surface area (Å²) >= 11 is 5.65. The molecule has 0 saturated carbocycles. The molecule has 1 aromatic rings. The SMILES string of the molecule is CCCOc1nc(Cl)nc(N(CC)CC(F)(F)F)n1. The summed E-state index contributed by atoms with van der Waals surface area (Å²) < 4.78 is 42.4. The second kappa shape index (κ2) is 6.74. The Morgan fingerprint density at radius 3 is 2.42 bits per heavy atom. The quantitative estimate of drug-likeness (QED) is 0.808. The predicted octanol–water partition coefficient (Wildman–Crippen LogP) is 2.70. The van der Waals surface area contributed by atoms with E-state index in [1.807, 2.05) is 6.92 Å². The van der Waals surface area contributed by atoms with Crippen LogP contribution in [0.15, 0.2) is 0 Å². The van der Waals surface area contributed by atoms with Gasteiger partial charge in [-0.2, -0.15) is 28.1 Å². The monoisotopic (exact) mass is 298 g/mol. The Bertz CT molecular complexity index is 416. The first-order valence-electron chi connectivity index (χ1n) is 5.71. The van der Waals surface area contributed by atoms with Gasteiger partial charge in [-0.1, -0.05) is 6.92 Å². The molecule has 0 saturated heterocycles. The fraction of sp³-hybridized carbons (Fsp3) is 0.700. The van der Waals surface area contributed by atoms with Crippen molar-refractivity contribution in [1.82, 2.24) is 15.0 Å². The van der Waals surface area contributed by atoms with E-state index >= 15 is 0 Å². The number of aromatic nitrogens is 3. The summed E-state index contributed by atoms with van der Waals surface area (Å²) in [5, 5.41) is -0.197. The van der Waals surface area contributed by atoms with Crippen LogP contribution in [0.3, 0.4) is 0 Å². The number of ether oxygens (including phenoxy) is 1. The molecule has 0 unspecified atom stereocenters. The minimum Gasteiger partial charge on any atom is -0.463 e. The first-order valence-corrected chi connectivity index (χ1v) is 6.09. The summed E-state index contributed by atoms with van der Waals surface area (Å²) in [6.07, 6.45) is -3.63. The van der Waals surface area contributed by atoms with E-state index in [1.54, 1.807) is 6.92 Å². The smallest absolute Gasteiger partial charge is 0.406 e. The summed E-state index contributed by atoms with van der Waals surface area (Å²) in [7, 11) is 0. The number of alkyl halides is 3. The van der Waals surface area contributed by atoms with E-state index in [0.717, 1.165) is 11.3 Å². The summed E-state index contributed by atoms with van der Waals surface area (Å²) in [6, 6.07) is -0.0718. The van der Waals surface area contributed by atoms with Crippen LogP contribution in [0.25, 0.3) is 0 Å². The number of hydrogen-bond donors (Lipinski definition) is 0. The predicted molar refractivity (Wildman–Crippen MR) is 64.6 cm³/mol. The molecule has 0 aliphatic rings. The zero-order chi connectivity index (χ0) is 14.5. The second-order valence-electron chi connectivity index (χ2n) is 3.66. The molecule has 0 bridgehead atoms. The molecule has 0 spiro atoms. The van der Waals surface area contributed by atoms with Crippen molar-refractivity contribution in [2.24, 2.45) is 0 Å². The molecule has 1 heterocycles. The summed E-state index contributed by atoms with van der Waals surface area (Å²) in [5.41, 5.74) is 0. The van der Waals surface area contributed by atoms with Crippen molar-refractivity contribution >= 4 is 17.5 Å². The van der Waals surface area contributed by atoms with Crippen LogP contribution in [0, 0.1) is 0 Å². The molecule has 0 N–H and O–H groups in total. The Balaban J connectivity index is 2.93. The lowest BCUT2D eigenvalue weighted by molar-refractivity contribution is -0.119. The first kappa shape index (κ1) is 15.7. The number of hydrogen-bond acceptors (Lipinski definition) is 5. The van der Waals surface area contributed by atoms with Crippen molar-refractivity contribution in [1.29, 1.82) is 0 Å². The van der Waals surface area contributed by atoms with Gasteiger partial charge >= 0.3 is 12.2 Å². The van der Waals surface area contributed by atoms with Crippen molar-refractivity contribution < 1.29 is 17.9 Å². The van der Waals surface area contributed by atoms with E-state index < -0.39 is 12.7 Å². The fourth-order valence-electron chi connectivity index (χ4n) is 1.26. The van der Waals surface area contributed by atoms with Gasteiger partial charge in [0.25, 0.3) is 0 Å². The highest BCUT2D eigenvalue weighted by Gasteiger charge is 2.31. The van der Waals surface area contributed by atoms with E-state index in [2.05, 4.69) is 15.0 Å². The Kier molecular flexibility index (Phi) is 5.59. The molecule has 9 heteroatoms. The lowest BCUT2D eigenvalue weighted by Gasteiger charge is -2.22. The van der Waals surface area contributed by atoms with Crippen molar-refractivity contribution in [2.75, 3.05) is 24.6 Å². The first-order chi connectivity index (χ1) is 8.85. The average molecular weight is 299 g/mol. The third-order valence-corrected chi connectivity index (χ3v) is 2.21. The maximum Gasteiger partial charge on any atom is 0.406 e. The van der Waals surface area contributed by atoms with Gasteiger partial charge in [0.05, 0.1) is 6.61 Å². The van der Waals surface area contributed by atoms with Crippen LogP contribution in [0.1, 0.15) is 20.3 Å². The van der Waals surface area contributed by atoms with Gasteiger partial charge in [0.15, 0.2) is 0 Å². The second-order valence-corrected chi connectivity index (χ2v) is 4.00. The third kappa shape index (κ3) is 5.46. The van der Waals surface area contributed by atoms with E-state index in [-0.39, 0.29) is 23.8 Å². The van der Waals surface area contributed by atoms with Gasteiger partial charge in [-0.25, -0.2) is 0 Å². The Morgan fingerprint density at radius 1 is 1.21 bits per heavy atom. The fourth-order valence-corrected chi connectivity index (χ4v) is 1.41. The lowest BCUT2D eigenvalue weighted by Crippen LogP contribution is -2.35. The molecule has 1 rings (SSSR count). The highest BCUT2D eigenvalue weighted by molar-refractivity contribution is 6.28. The van der Waals surface area contributed by atoms with Crippen molar-refractivity contribution in [3.63, 3.8) is 0 Å². The van der Waals surface area contributed by atoms with Crippen LogP contribution in [-0.2, 0) is 0 Å². The van der Waals surface area contributed by atoms with Gasteiger partial charge in [-0.05, 0) is 24.9 Å². The maximum atomic E-state index is 12.4. The molecule has 0 fully saturated rings. The van der Waals surface area contributed by atoms with E-state index in [4.69, 9.17) is 16.3 Å². The zero-order valence-corrected chi connectivity index (χ0v) is 11.3. The van der Waals surface area contributed by atoms with Crippen LogP contribution < -0.4 is 9.64 Å². The molecule has 108 valence electrons. The van der Waals surface area contributed by atoms with Crippen molar-refractivity contribution in [2.45, 2.75) is 26.4 Å². The van der Waals surface area contributed by atoms with Gasteiger partial charge in [0.1, 0.15) is 6.54 Å². The standard InChI is InChI=1S/C10H14ClF3N4O/c1-3-5-19-9-16-7(11)15-8(17-9)18(4-2)6-10(12,13)14/h3-6H2,1-2H3. The molecule has 5 nitrogen and oxygen atoms in total. The van der Waals surface area contributed by atoms with Crippen LogP contribution in [0.5, 0.6) is 6.01 Å². The molecule has 0 atom stereocenters. The molecule has 0 aliphatic carbocycles. The Hall–Kier alpha value is -1.31. The molecular weight excluding hydrogens is 285 g/mol. The Labute approximate surface area is 113 Å². The summed E-state index contributed by atoms with van der Waals surface area (Å²) in [6.45, 7) is 2.73. The van der Waals surface area contributed by atoms with Crippen LogP contribution in [0.2, 0.25) is 5.28 Å². The zero-order valence-electron chi connectivity index (χ0n) is 10.5. The topological polar surface area (TPSA) is 51.1 Å². The van der Waals surface area contributed by atoms with Crippen LogP contribution >= 0.6 is 11.6 Å². The van der Waals surface area contributed by atoms with Crippen LogP contribution in [0.4, 0.5) is 19.1 Å². The van der Waals surface area contributed by atoms with Gasteiger partial charge in [-0.15, -0.1) is 0 Å². The third-order valence-electron chi connectivity index (χ3n) is 2.05.